The van der Waals surface area contributed by atoms with Gasteiger partial charge in [0.15, 0.2) is 5.65 Å². The second-order valence-corrected chi connectivity index (χ2v) is 4.63. The van der Waals surface area contributed by atoms with E-state index in [4.69, 9.17) is 0 Å². The predicted molar refractivity (Wildman–Crippen MR) is 75.3 cm³/mol. The Morgan fingerprint density at radius 3 is 2.55 bits per heavy atom. The van der Waals surface area contributed by atoms with E-state index in [9.17, 15) is 9.90 Å². The molecule has 0 radical (unpaired) electrons. The van der Waals surface area contributed by atoms with Gasteiger partial charge in [-0.3, -0.25) is 0 Å². The van der Waals surface area contributed by atoms with Crippen LogP contribution in [0.25, 0.3) is 16.7 Å². The van der Waals surface area contributed by atoms with Gasteiger partial charge in [-0.15, -0.1) is 0 Å². The Bertz CT molecular complexity index is 807. The molecule has 0 spiro atoms. The third-order valence-electron chi connectivity index (χ3n) is 3.36. The first kappa shape index (κ1) is 12.3. The van der Waals surface area contributed by atoms with Crippen molar-refractivity contribution in [3.63, 3.8) is 0 Å². The van der Waals surface area contributed by atoms with E-state index in [1.54, 1.807) is 11.6 Å². The van der Waals surface area contributed by atoms with Crippen molar-refractivity contribution in [2.45, 2.75) is 13.8 Å². The van der Waals surface area contributed by atoms with Crippen molar-refractivity contribution < 1.29 is 9.90 Å². The third-order valence-corrected chi connectivity index (χ3v) is 3.36. The first-order valence-electron chi connectivity index (χ1n) is 6.23. The van der Waals surface area contributed by atoms with Crippen LogP contribution in [-0.2, 0) is 0 Å². The van der Waals surface area contributed by atoms with Crippen molar-refractivity contribution in [2.24, 2.45) is 0 Å². The van der Waals surface area contributed by atoms with Crippen LogP contribution in [0.1, 0.15) is 21.6 Å². The van der Waals surface area contributed by atoms with Gasteiger partial charge >= 0.3 is 5.97 Å². The average molecular weight is 267 g/mol. The topological polar surface area (TPSA) is 68.0 Å². The average Bonchev–Trinajstić information content (AvgIpc) is 2.78. The number of aromatic carboxylic acids is 1. The van der Waals surface area contributed by atoms with Crippen LogP contribution >= 0.6 is 0 Å². The molecule has 0 bridgehead atoms. The highest BCUT2D eigenvalue weighted by Gasteiger charge is 2.17. The van der Waals surface area contributed by atoms with E-state index in [2.05, 4.69) is 10.1 Å². The van der Waals surface area contributed by atoms with Gasteiger partial charge in [-0.2, -0.15) is 5.10 Å². The standard InChI is InChI=1S/C15H13N3O2/c1-9-12(15(19)20)8-16-14-13(9)10(2)17-18(14)11-6-4-3-5-7-11/h3-8H,1-2H3,(H,19,20). The SMILES string of the molecule is Cc1nn(-c2ccccc2)c2ncc(C(=O)O)c(C)c12. The normalized spacial score (nSPS) is 10.9. The van der Waals surface area contributed by atoms with Gasteiger partial charge in [0.1, 0.15) is 0 Å². The van der Waals surface area contributed by atoms with E-state index in [1.165, 1.54) is 6.20 Å². The molecule has 0 atom stereocenters. The fourth-order valence-electron chi connectivity index (χ4n) is 2.40. The fraction of sp³-hybridized carbons (Fsp3) is 0.133. The molecular weight excluding hydrogens is 254 g/mol. The highest BCUT2D eigenvalue weighted by atomic mass is 16.4. The Hall–Kier alpha value is -2.69. The Labute approximate surface area is 115 Å². The Kier molecular flexibility index (Phi) is 2.75. The summed E-state index contributed by atoms with van der Waals surface area (Å²) in [5.74, 6) is -0.969. The van der Waals surface area contributed by atoms with E-state index < -0.39 is 5.97 Å². The number of pyridine rings is 1. The number of carboxylic acid groups (broad SMARTS) is 1. The number of rotatable bonds is 2. The first-order chi connectivity index (χ1) is 9.59. The molecular formula is C15H13N3O2. The lowest BCUT2D eigenvalue weighted by atomic mass is 10.1. The van der Waals surface area contributed by atoms with Crippen molar-refractivity contribution in [3.05, 3.63) is 53.3 Å². The van der Waals surface area contributed by atoms with Crippen molar-refractivity contribution >= 4 is 17.0 Å². The van der Waals surface area contributed by atoms with Gasteiger partial charge in [-0.05, 0) is 31.5 Å². The van der Waals surface area contributed by atoms with E-state index in [0.717, 1.165) is 16.8 Å². The number of aromatic nitrogens is 3. The number of carboxylic acids is 1. The minimum Gasteiger partial charge on any atom is -0.478 e. The monoisotopic (exact) mass is 267 g/mol. The van der Waals surface area contributed by atoms with E-state index in [1.807, 2.05) is 37.3 Å². The van der Waals surface area contributed by atoms with Gasteiger partial charge in [0.05, 0.1) is 16.9 Å². The minimum absolute atomic E-state index is 0.216. The summed E-state index contributed by atoms with van der Waals surface area (Å²) < 4.78 is 1.74. The molecule has 0 amide bonds. The van der Waals surface area contributed by atoms with Crippen molar-refractivity contribution in [3.8, 4) is 5.69 Å². The number of fused-ring (bicyclic) bond motifs is 1. The summed E-state index contributed by atoms with van der Waals surface area (Å²) in [6, 6.07) is 9.67. The maximum Gasteiger partial charge on any atom is 0.337 e. The zero-order valence-electron chi connectivity index (χ0n) is 11.2. The molecule has 0 aliphatic heterocycles. The molecule has 3 aromatic rings. The quantitative estimate of drug-likeness (QED) is 0.775. The largest absolute Gasteiger partial charge is 0.478 e. The van der Waals surface area contributed by atoms with E-state index in [0.29, 0.717) is 11.2 Å². The number of hydrogen-bond donors (Lipinski definition) is 1. The third kappa shape index (κ3) is 1.75. The maximum absolute atomic E-state index is 11.2. The van der Waals surface area contributed by atoms with Crippen LogP contribution < -0.4 is 0 Å². The summed E-state index contributed by atoms with van der Waals surface area (Å²) in [4.78, 5) is 15.5. The number of nitrogens with zero attached hydrogens (tertiary/aromatic N) is 3. The molecule has 2 heterocycles. The number of hydrogen-bond acceptors (Lipinski definition) is 3. The van der Waals surface area contributed by atoms with Gasteiger partial charge in [-0.25, -0.2) is 14.5 Å². The second-order valence-electron chi connectivity index (χ2n) is 4.63. The number of aryl methyl sites for hydroxylation is 2. The summed E-state index contributed by atoms with van der Waals surface area (Å²) in [5.41, 5.74) is 3.27. The second kappa shape index (κ2) is 4.45. The first-order valence-corrected chi connectivity index (χ1v) is 6.23. The van der Waals surface area contributed by atoms with Crippen LogP contribution in [0.5, 0.6) is 0 Å². The van der Waals surface area contributed by atoms with Gasteiger partial charge in [0.25, 0.3) is 0 Å². The number of benzene rings is 1. The predicted octanol–water partition coefficient (Wildman–Crippen LogP) is 2.74. The van der Waals surface area contributed by atoms with Crippen LogP contribution in [-0.4, -0.2) is 25.8 Å². The maximum atomic E-state index is 11.2. The summed E-state index contributed by atoms with van der Waals surface area (Å²) >= 11 is 0. The lowest BCUT2D eigenvalue weighted by molar-refractivity contribution is 0.0696. The van der Waals surface area contributed by atoms with Crippen LogP contribution in [0.3, 0.4) is 0 Å². The number of carbonyl (C=O) groups is 1. The molecule has 0 aliphatic carbocycles. The van der Waals surface area contributed by atoms with Crippen molar-refractivity contribution in [1.82, 2.24) is 14.8 Å². The van der Waals surface area contributed by atoms with E-state index >= 15 is 0 Å². The fourth-order valence-corrected chi connectivity index (χ4v) is 2.40. The van der Waals surface area contributed by atoms with Gasteiger partial charge < -0.3 is 5.11 Å². The summed E-state index contributed by atoms with van der Waals surface area (Å²) in [5, 5.41) is 14.5. The molecule has 20 heavy (non-hydrogen) atoms. The molecule has 5 nitrogen and oxygen atoms in total. The van der Waals surface area contributed by atoms with Crippen LogP contribution in [0, 0.1) is 13.8 Å². The van der Waals surface area contributed by atoms with Crippen LogP contribution in [0.2, 0.25) is 0 Å². The molecule has 0 fully saturated rings. The van der Waals surface area contributed by atoms with Gasteiger partial charge in [0, 0.05) is 11.6 Å². The van der Waals surface area contributed by atoms with Crippen LogP contribution in [0.15, 0.2) is 36.5 Å². The summed E-state index contributed by atoms with van der Waals surface area (Å²) in [6.07, 6.45) is 1.39. The molecule has 0 unspecified atom stereocenters. The Balaban J connectivity index is 2.34. The highest BCUT2D eigenvalue weighted by molar-refractivity contribution is 5.96. The zero-order chi connectivity index (χ0) is 14.3. The number of para-hydroxylation sites is 1. The zero-order valence-corrected chi connectivity index (χ0v) is 11.2. The molecule has 0 aliphatic rings. The van der Waals surface area contributed by atoms with Crippen molar-refractivity contribution in [1.29, 1.82) is 0 Å². The smallest absolute Gasteiger partial charge is 0.337 e. The molecule has 3 rings (SSSR count). The lowest BCUT2D eigenvalue weighted by Crippen LogP contribution is -2.03. The van der Waals surface area contributed by atoms with Gasteiger partial charge in [-0.1, -0.05) is 18.2 Å². The van der Waals surface area contributed by atoms with Crippen molar-refractivity contribution in [2.75, 3.05) is 0 Å². The molecule has 0 saturated carbocycles. The molecule has 0 saturated heterocycles. The molecule has 1 aromatic carbocycles. The summed E-state index contributed by atoms with van der Waals surface area (Å²) in [7, 11) is 0. The molecule has 2 aromatic heterocycles. The van der Waals surface area contributed by atoms with Gasteiger partial charge in [0.2, 0.25) is 0 Å². The summed E-state index contributed by atoms with van der Waals surface area (Å²) in [6.45, 7) is 3.65. The minimum atomic E-state index is -0.969. The van der Waals surface area contributed by atoms with Crippen LogP contribution in [0.4, 0.5) is 0 Å². The molecule has 5 heteroatoms. The Morgan fingerprint density at radius 2 is 1.90 bits per heavy atom. The lowest BCUT2D eigenvalue weighted by Gasteiger charge is -2.04. The van der Waals surface area contributed by atoms with E-state index in [-0.39, 0.29) is 5.56 Å². The Morgan fingerprint density at radius 1 is 1.20 bits per heavy atom. The highest BCUT2D eigenvalue weighted by Crippen LogP contribution is 2.25. The molecule has 100 valence electrons. The molecule has 1 N–H and O–H groups in total.